The van der Waals surface area contributed by atoms with Crippen molar-refractivity contribution >= 4 is 5.91 Å². The van der Waals surface area contributed by atoms with E-state index < -0.39 is 0 Å². The van der Waals surface area contributed by atoms with Gasteiger partial charge in [0.2, 0.25) is 5.91 Å². The summed E-state index contributed by atoms with van der Waals surface area (Å²) < 4.78 is 14.5. The van der Waals surface area contributed by atoms with Crippen LogP contribution >= 0.6 is 0 Å². The first-order valence-corrected chi connectivity index (χ1v) is 11.6. The minimum atomic E-state index is -0.0509. The van der Waals surface area contributed by atoms with Crippen molar-refractivity contribution < 1.29 is 9.18 Å². The first-order chi connectivity index (χ1) is 14.5. The highest BCUT2D eigenvalue weighted by molar-refractivity contribution is 5.78. The summed E-state index contributed by atoms with van der Waals surface area (Å²) in [6, 6.07) is 5.87. The van der Waals surface area contributed by atoms with Crippen LogP contribution < -0.4 is 11.5 Å². The number of amides is 1. The van der Waals surface area contributed by atoms with Crippen molar-refractivity contribution in [2.45, 2.75) is 76.0 Å². The van der Waals surface area contributed by atoms with Gasteiger partial charge in [0.25, 0.3) is 0 Å². The van der Waals surface area contributed by atoms with Crippen LogP contribution in [0, 0.1) is 17.7 Å². The van der Waals surface area contributed by atoms with E-state index in [1.807, 2.05) is 6.07 Å². The number of piperidine rings is 1. The number of nitrogens with one attached hydrogen (secondary N) is 1. The molecule has 168 valence electrons. The zero-order valence-corrected chi connectivity index (χ0v) is 18.8. The fourth-order valence-electron chi connectivity index (χ4n) is 4.99. The summed E-state index contributed by atoms with van der Waals surface area (Å²) in [5.74, 6) is 1.29. The Bertz CT molecular complexity index is 868. The van der Waals surface area contributed by atoms with Crippen molar-refractivity contribution in [3.8, 4) is 0 Å². The van der Waals surface area contributed by atoms with Crippen molar-refractivity contribution in [3.05, 3.63) is 71.7 Å². The van der Waals surface area contributed by atoms with Crippen molar-refractivity contribution in [3.63, 3.8) is 0 Å². The molecule has 0 aromatic heterocycles. The Kier molecular flexibility index (Phi) is 7.53. The summed E-state index contributed by atoms with van der Waals surface area (Å²) in [6.45, 7) is 6.15. The van der Waals surface area contributed by atoms with Crippen LogP contribution in [0.3, 0.4) is 0 Å². The van der Waals surface area contributed by atoms with E-state index in [2.05, 4.69) is 49.2 Å². The Morgan fingerprint density at radius 2 is 2.10 bits per heavy atom. The molecule has 4 N–H and O–H groups in total. The Balaban J connectivity index is 0.00000272. The van der Waals surface area contributed by atoms with Gasteiger partial charge in [-0.3, -0.25) is 4.79 Å². The van der Waals surface area contributed by atoms with Crippen molar-refractivity contribution in [1.82, 2.24) is 11.5 Å². The molecule has 4 heteroatoms. The summed E-state index contributed by atoms with van der Waals surface area (Å²) in [7, 11) is 0. The van der Waals surface area contributed by atoms with Gasteiger partial charge in [0.05, 0.1) is 0 Å². The van der Waals surface area contributed by atoms with E-state index in [-0.39, 0.29) is 29.2 Å². The Morgan fingerprint density at radius 1 is 1.32 bits per heavy atom. The van der Waals surface area contributed by atoms with E-state index >= 15 is 0 Å². The van der Waals surface area contributed by atoms with E-state index in [9.17, 15) is 9.18 Å². The van der Waals surface area contributed by atoms with Crippen LogP contribution in [0.15, 0.2) is 54.8 Å². The molecule has 1 amide bonds. The number of allylic oxidation sites excluding steroid dienone is 5. The largest absolute Gasteiger partial charge is 0.344 e. The molecule has 0 bridgehead atoms. The second kappa shape index (κ2) is 9.95. The van der Waals surface area contributed by atoms with Crippen molar-refractivity contribution in [2.24, 2.45) is 11.8 Å². The summed E-state index contributed by atoms with van der Waals surface area (Å²) in [5.41, 5.74) is 3.32. The van der Waals surface area contributed by atoms with Gasteiger partial charge in [0.15, 0.2) is 0 Å². The predicted molar refractivity (Wildman–Crippen MR) is 126 cm³/mol. The molecule has 2 fully saturated rings. The molecule has 3 nitrogen and oxygen atoms in total. The third kappa shape index (κ3) is 5.54. The molecule has 4 rings (SSSR count). The van der Waals surface area contributed by atoms with Gasteiger partial charge < -0.3 is 11.5 Å². The fourth-order valence-corrected chi connectivity index (χ4v) is 4.99. The number of hydrogen-bond donors (Lipinski definition) is 2. The van der Waals surface area contributed by atoms with E-state index in [1.54, 1.807) is 6.07 Å². The summed E-state index contributed by atoms with van der Waals surface area (Å²) in [4.78, 5) is 11.4. The molecule has 0 spiro atoms. The average Bonchev–Trinajstić information content (AvgIpc) is 3.47. The number of benzene rings is 1. The molecule has 2 aliphatic carbocycles. The minimum Gasteiger partial charge on any atom is -0.344 e. The first kappa shape index (κ1) is 23.5. The molecule has 1 aliphatic heterocycles. The van der Waals surface area contributed by atoms with Gasteiger partial charge in [-0.15, -0.1) is 0 Å². The molecule has 0 radical (unpaired) electrons. The molecule has 3 unspecified atom stereocenters. The van der Waals surface area contributed by atoms with Gasteiger partial charge in [0, 0.05) is 18.0 Å². The van der Waals surface area contributed by atoms with Gasteiger partial charge >= 0.3 is 0 Å². The Labute approximate surface area is 186 Å². The highest BCUT2D eigenvalue weighted by Gasteiger charge is 2.43. The number of hydrogen-bond acceptors (Lipinski definition) is 2. The van der Waals surface area contributed by atoms with Gasteiger partial charge in [-0.25, -0.2) is 4.39 Å². The molecule has 1 heterocycles. The van der Waals surface area contributed by atoms with Crippen LogP contribution in [0.4, 0.5) is 4.39 Å². The normalized spacial score (nSPS) is 25.0. The van der Waals surface area contributed by atoms with Crippen molar-refractivity contribution in [2.75, 3.05) is 0 Å². The monoisotopic (exact) mass is 424 g/mol. The number of carbonyl (C=O) groups is 1. The van der Waals surface area contributed by atoms with Gasteiger partial charge in [-0.05, 0) is 85.8 Å². The number of halogens is 1. The topological polar surface area (TPSA) is 64.1 Å². The van der Waals surface area contributed by atoms with Crippen LogP contribution in [0.5, 0.6) is 0 Å². The third-order valence-electron chi connectivity index (χ3n) is 7.39. The Morgan fingerprint density at radius 3 is 2.74 bits per heavy atom. The smallest absolute Gasteiger partial charge is 0.224 e. The van der Waals surface area contributed by atoms with Crippen LogP contribution in [0.2, 0.25) is 0 Å². The zero-order valence-electron chi connectivity index (χ0n) is 18.8. The van der Waals surface area contributed by atoms with Gasteiger partial charge in [0.1, 0.15) is 5.82 Å². The van der Waals surface area contributed by atoms with E-state index in [0.717, 1.165) is 49.8 Å². The molecule has 3 aliphatic rings. The average molecular weight is 425 g/mol. The summed E-state index contributed by atoms with van der Waals surface area (Å²) in [5, 5.41) is 2.86. The highest BCUT2D eigenvalue weighted by atomic mass is 19.1. The van der Waals surface area contributed by atoms with Gasteiger partial charge in [-0.1, -0.05) is 49.9 Å². The lowest BCUT2D eigenvalue weighted by Gasteiger charge is -2.24. The maximum Gasteiger partial charge on any atom is 0.224 e. The third-order valence-corrected chi connectivity index (χ3v) is 7.39. The van der Waals surface area contributed by atoms with E-state index in [0.29, 0.717) is 18.3 Å². The number of rotatable bonds is 9. The standard InChI is InChI=1S/C27H34FNO.H3N/c1-19(17-21-7-6-8-21)24-18-23(11-12-25(24)28)27(15-16-27)14-5-3-4-9-22-10-13-26(30)29-20(22)2;/h3-4,6-7,11-12,18-19,21-22H,2,5,8-10,13-17H2,1H3,(H,29,30);1H3/b4-3+;. The maximum atomic E-state index is 14.5. The molecule has 3 atom stereocenters. The lowest BCUT2D eigenvalue weighted by Crippen LogP contribution is -2.31. The number of carbonyl (C=O) groups excluding carboxylic acids is 1. The predicted octanol–water partition coefficient (Wildman–Crippen LogP) is 6.86. The molecule has 1 saturated heterocycles. The van der Waals surface area contributed by atoms with Gasteiger partial charge in [-0.2, -0.15) is 0 Å². The lowest BCUT2D eigenvalue weighted by molar-refractivity contribution is -0.121. The molecular weight excluding hydrogens is 387 g/mol. The molecule has 1 aromatic rings. The molecule has 1 aromatic carbocycles. The SMILES string of the molecule is C=C1NC(=O)CCC1C/C=C/CCC1(c2ccc(F)c(C(C)CC3C=CC3)c2)CC1.N. The Hall–Kier alpha value is -2.20. The lowest BCUT2D eigenvalue weighted by atomic mass is 9.81. The quantitative estimate of drug-likeness (QED) is 0.426. The zero-order chi connectivity index (χ0) is 21.1. The first-order valence-electron chi connectivity index (χ1n) is 11.6. The minimum absolute atomic E-state index is 0. The second-order valence-electron chi connectivity index (χ2n) is 9.63. The highest BCUT2D eigenvalue weighted by Crippen LogP contribution is 2.52. The maximum absolute atomic E-state index is 14.5. The van der Waals surface area contributed by atoms with Crippen molar-refractivity contribution in [1.29, 1.82) is 0 Å². The van der Waals surface area contributed by atoms with Crippen LogP contribution in [0.25, 0.3) is 0 Å². The van der Waals surface area contributed by atoms with E-state index in [1.165, 1.54) is 18.4 Å². The molecular formula is C27H37FN2O. The van der Waals surface area contributed by atoms with Crippen LogP contribution in [-0.2, 0) is 10.2 Å². The van der Waals surface area contributed by atoms with Crippen LogP contribution in [0.1, 0.15) is 81.8 Å². The molecule has 31 heavy (non-hydrogen) atoms. The second-order valence-corrected chi connectivity index (χ2v) is 9.63. The molecule has 1 saturated carbocycles. The van der Waals surface area contributed by atoms with Crippen LogP contribution in [-0.4, -0.2) is 5.91 Å². The summed E-state index contributed by atoms with van der Waals surface area (Å²) in [6.07, 6.45) is 18.2. The van der Waals surface area contributed by atoms with E-state index in [4.69, 9.17) is 0 Å². The fraction of sp³-hybridized carbons (Fsp3) is 0.519. The summed E-state index contributed by atoms with van der Waals surface area (Å²) >= 11 is 0.